The van der Waals surface area contributed by atoms with Crippen LogP contribution in [0.1, 0.15) is 36.0 Å². The number of ether oxygens (including phenoxy) is 1. The van der Waals surface area contributed by atoms with E-state index in [0.29, 0.717) is 35.1 Å². The van der Waals surface area contributed by atoms with Gasteiger partial charge in [0.1, 0.15) is 22.7 Å². The first kappa shape index (κ1) is 25.8. The Balaban J connectivity index is 1.08. The summed E-state index contributed by atoms with van der Waals surface area (Å²) in [7, 11) is 1.71. The van der Waals surface area contributed by atoms with Crippen LogP contribution in [-0.4, -0.2) is 72.7 Å². The molecular formula is C35H36N8O2. The van der Waals surface area contributed by atoms with Gasteiger partial charge in [0.25, 0.3) is 5.91 Å². The highest BCUT2D eigenvalue weighted by Crippen LogP contribution is 2.60. The molecule has 6 heterocycles. The van der Waals surface area contributed by atoms with Crippen LogP contribution in [0.4, 0.5) is 5.82 Å². The molecule has 5 fully saturated rings. The van der Waals surface area contributed by atoms with Crippen molar-refractivity contribution in [2.24, 2.45) is 29.6 Å². The lowest BCUT2D eigenvalue weighted by Gasteiger charge is -2.52. The normalized spacial score (nSPS) is 25.3. The third-order valence-corrected chi connectivity index (χ3v) is 11.3. The van der Waals surface area contributed by atoms with E-state index in [1.54, 1.807) is 19.5 Å². The number of benzene rings is 1. The first-order chi connectivity index (χ1) is 22.1. The van der Waals surface area contributed by atoms with Gasteiger partial charge in [0.2, 0.25) is 0 Å². The van der Waals surface area contributed by atoms with E-state index >= 15 is 0 Å². The van der Waals surface area contributed by atoms with Crippen molar-refractivity contribution in [1.29, 1.82) is 0 Å². The van der Waals surface area contributed by atoms with Crippen molar-refractivity contribution in [2.75, 3.05) is 31.6 Å². The van der Waals surface area contributed by atoms with Crippen LogP contribution in [0, 0.1) is 29.6 Å². The van der Waals surface area contributed by atoms with Gasteiger partial charge in [-0.1, -0.05) is 0 Å². The third-order valence-electron chi connectivity index (χ3n) is 11.3. The Morgan fingerprint density at radius 3 is 2.62 bits per heavy atom. The highest BCUT2D eigenvalue weighted by Gasteiger charge is 2.61. The van der Waals surface area contributed by atoms with E-state index in [2.05, 4.69) is 41.0 Å². The Bertz CT molecular complexity index is 1970. The molecule has 3 aliphatic carbocycles. The Kier molecular flexibility index (Phi) is 5.46. The van der Waals surface area contributed by atoms with E-state index < -0.39 is 0 Å². The third kappa shape index (κ3) is 3.90. The molecule has 5 aromatic rings. The van der Waals surface area contributed by atoms with E-state index in [1.165, 1.54) is 19.3 Å². The van der Waals surface area contributed by atoms with Gasteiger partial charge in [-0.3, -0.25) is 9.78 Å². The molecule has 45 heavy (non-hydrogen) atoms. The van der Waals surface area contributed by atoms with E-state index in [1.807, 2.05) is 30.6 Å². The average Bonchev–Trinajstić information content (AvgIpc) is 3.68. The average molecular weight is 601 g/mol. The molecule has 2 aliphatic heterocycles. The molecule has 5 aliphatic rings. The molecule has 4 aromatic heterocycles. The maximum Gasteiger partial charge on any atom is 0.254 e. The number of methoxy groups -OCH3 is 1. The molecule has 0 bridgehead atoms. The first-order valence-corrected chi connectivity index (χ1v) is 16.5. The fourth-order valence-electron chi connectivity index (χ4n) is 8.85. The summed E-state index contributed by atoms with van der Waals surface area (Å²) in [5, 5.41) is 1.12. The maximum atomic E-state index is 14.0. The van der Waals surface area contributed by atoms with Crippen LogP contribution in [0.5, 0.6) is 5.75 Å². The second-order valence-corrected chi connectivity index (χ2v) is 14.0. The number of amides is 1. The predicted octanol–water partition coefficient (Wildman–Crippen LogP) is 4.88. The number of hydrogen-bond acceptors (Lipinski definition) is 7. The van der Waals surface area contributed by atoms with Gasteiger partial charge in [-0.15, -0.1) is 0 Å². The van der Waals surface area contributed by atoms with Crippen LogP contribution in [0.15, 0.2) is 55.1 Å². The van der Waals surface area contributed by atoms with Gasteiger partial charge in [0.15, 0.2) is 5.82 Å². The molecule has 1 amide bonds. The largest absolute Gasteiger partial charge is 0.494 e. The molecular weight excluding hydrogens is 564 g/mol. The number of rotatable bonds is 8. The topological polar surface area (TPSA) is 94.2 Å². The molecule has 0 spiro atoms. The number of carbonyl (C=O) groups excluding carboxylic acids is 1. The molecule has 3 unspecified atom stereocenters. The number of imidazole rings is 1. The summed E-state index contributed by atoms with van der Waals surface area (Å²) in [4.78, 5) is 37.3. The van der Waals surface area contributed by atoms with Crippen LogP contribution in [0.3, 0.4) is 0 Å². The maximum absolute atomic E-state index is 14.0. The monoisotopic (exact) mass is 600 g/mol. The van der Waals surface area contributed by atoms with E-state index in [4.69, 9.17) is 14.7 Å². The summed E-state index contributed by atoms with van der Waals surface area (Å²) in [5.41, 5.74) is 4.51. The zero-order valence-electron chi connectivity index (χ0n) is 25.4. The van der Waals surface area contributed by atoms with E-state index in [9.17, 15) is 4.79 Å². The van der Waals surface area contributed by atoms with Gasteiger partial charge in [-0.25, -0.2) is 15.0 Å². The summed E-state index contributed by atoms with van der Waals surface area (Å²) in [5.74, 6) is 6.00. The molecule has 3 saturated carbocycles. The molecule has 228 valence electrons. The first-order valence-electron chi connectivity index (χ1n) is 16.5. The molecule has 1 aromatic carbocycles. The van der Waals surface area contributed by atoms with Crippen LogP contribution < -0.4 is 9.64 Å². The highest BCUT2D eigenvalue weighted by molar-refractivity contribution is 6.00. The Morgan fingerprint density at radius 1 is 0.956 bits per heavy atom. The van der Waals surface area contributed by atoms with Crippen molar-refractivity contribution in [3.05, 3.63) is 60.7 Å². The van der Waals surface area contributed by atoms with Crippen LogP contribution in [-0.2, 0) is 13.1 Å². The molecule has 4 atom stereocenters. The van der Waals surface area contributed by atoms with Gasteiger partial charge in [0, 0.05) is 74.2 Å². The van der Waals surface area contributed by atoms with Gasteiger partial charge >= 0.3 is 0 Å². The lowest BCUT2D eigenvalue weighted by Crippen LogP contribution is -2.53. The minimum Gasteiger partial charge on any atom is -0.494 e. The molecule has 10 rings (SSSR count). The van der Waals surface area contributed by atoms with Crippen LogP contribution >= 0.6 is 0 Å². The lowest BCUT2D eigenvalue weighted by molar-refractivity contribution is -0.0204. The molecule has 2 saturated heterocycles. The Morgan fingerprint density at radius 2 is 1.84 bits per heavy atom. The van der Waals surface area contributed by atoms with E-state index in [-0.39, 0.29) is 5.91 Å². The summed E-state index contributed by atoms with van der Waals surface area (Å²) in [6.07, 6.45) is 12.1. The highest BCUT2D eigenvalue weighted by atomic mass is 16.5. The summed E-state index contributed by atoms with van der Waals surface area (Å²) in [6, 6.07) is 10.8. The number of hydrogen-bond donors (Lipinski definition) is 0. The smallest absolute Gasteiger partial charge is 0.254 e. The minimum atomic E-state index is 0.120. The molecule has 10 heteroatoms. The number of fused-ring (bicyclic) bond motifs is 2. The van der Waals surface area contributed by atoms with E-state index in [0.717, 1.165) is 90.4 Å². The SMILES string of the molecule is COc1cc(C(=O)N2CC3CC4CC2[C@H]43)cc2nc(-c3cc4cccnc4n3CC3CC3)n(CC3CN(c4cnccn4)C3)c12. The summed E-state index contributed by atoms with van der Waals surface area (Å²) >= 11 is 0. The second-order valence-electron chi connectivity index (χ2n) is 14.0. The van der Waals surface area contributed by atoms with Gasteiger partial charge in [0.05, 0.1) is 24.5 Å². The molecule has 0 N–H and O–H groups in total. The number of nitrogens with zero attached hydrogens (tertiary/aromatic N) is 8. The van der Waals surface area contributed by atoms with Crippen molar-refractivity contribution in [3.8, 4) is 17.3 Å². The quantitative estimate of drug-likeness (QED) is 0.251. The summed E-state index contributed by atoms with van der Waals surface area (Å²) in [6.45, 7) is 4.39. The predicted molar refractivity (Wildman–Crippen MR) is 170 cm³/mol. The fraction of sp³-hybridized carbons (Fsp3) is 0.457. The van der Waals surface area contributed by atoms with Crippen LogP contribution in [0.2, 0.25) is 0 Å². The zero-order chi connectivity index (χ0) is 29.8. The second kappa shape index (κ2) is 9.52. The van der Waals surface area contributed by atoms with Crippen molar-refractivity contribution in [2.45, 2.75) is 44.8 Å². The molecule has 10 nitrogen and oxygen atoms in total. The number of carbonyl (C=O) groups is 1. The number of anilines is 1. The van der Waals surface area contributed by atoms with Gasteiger partial charge in [-0.05, 0) is 79.7 Å². The zero-order valence-corrected chi connectivity index (χ0v) is 25.4. The van der Waals surface area contributed by atoms with Crippen LogP contribution in [0.25, 0.3) is 33.6 Å². The number of aromatic nitrogens is 6. The number of likely N-dealkylation sites (tertiary alicyclic amines) is 1. The Labute approximate surface area is 261 Å². The van der Waals surface area contributed by atoms with Crippen molar-refractivity contribution < 1.29 is 9.53 Å². The van der Waals surface area contributed by atoms with Gasteiger partial charge in [-0.2, -0.15) is 0 Å². The summed E-state index contributed by atoms with van der Waals surface area (Å²) < 4.78 is 10.8. The van der Waals surface area contributed by atoms with Crippen molar-refractivity contribution in [3.63, 3.8) is 0 Å². The number of pyridine rings is 1. The Hall–Kier alpha value is -4.47. The molecule has 0 radical (unpaired) electrons. The standard InChI is InChI=1S/C35H36N8O2/c1-45-29-13-24(35(44)42-19-25-9-23-12-27(42)31(23)25)10-26-32(29)43(18-21-15-40(16-21)30-14-36-7-8-37-30)34(39-26)28-11-22-3-2-6-38-33(22)41(28)17-20-4-5-20/h2-3,6-8,10-11,13-14,20-21,23,25,27,31H,4-5,9,12,15-19H2,1H3/t23?,25?,27?,31-/m1/s1. The van der Waals surface area contributed by atoms with Crippen molar-refractivity contribution >= 4 is 33.8 Å². The minimum absolute atomic E-state index is 0.120. The fourth-order valence-corrected chi connectivity index (χ4v) is 8.85. The van der Waals surface area contributed by atoms with Gasteiger partial charge < -0.3 is 23.7 Å². The van der Waals surface area contributed by atoms with Crippen molar-refractivity contribution in [1.82, 2.24) is 34.0 Å². The lowest BCUT2D eigenvalue weighted by atomic mass is 9.53.